The van der Waals surface area contributed by atoms with Gasteiger partial charge in [-0.25, -0.2) is 4.98 Å². The summed E-state index contributed by atoms with van der Waals surface area (Å²) in [6, 6.07) is 7.81. The Balaban J connectivity index is 1.51. The summed E-state index contributed by atoms with van der Waals surface area (Å²) >= 11 is 2.24. The Labute approximate surface area is 156 Å². The van der Waals surface area contributed by atoms with E-state index in [-0.39, 0.29) is 5.91 Å². The number of carbonyl (C=O) groups is 1. The number of hydrogen-bond donors (Lipinski definition) is 0. The molecule has 0 radical (unpaired) electrons. The van der Waals surface area contributed by atoms with Gasteiger partial charge in [0.15, 0.2) is 0 Å². The molecule has 1 aromatic carbocycles. The van der Waals surface area contributed by atoms with E-state index >= 15 is 0 Å². The highest BCUT2D eigenvalue weighted by Crippen LogP contribution is 2.15. The van der Waals surface area contributed by atoms with Gasteiger partial charge in [0.2, 0.25) is 0 Å². The van der Waals surface area contributed by atoms with E-state index in [0.717, 1.165) is 60.6 Å². The maximum absolute atomic E-state index is 12.6. The molecule has 1 saturated heterocycles. The summed E-state index contributed by atoms with van der Waals surface area (Å²) in [7, 11) is 0. The van der Waals surface area contributed by atoms with Crippen molar-refractivity contribution >= 4 is 28.5 Å². The third-order valence-electron chi connectivity index (χ3n) is 4.54. The lowest BCUT2D eigenvalue weighted by atomic mass is 10.2. The molecule has 0 atom stereocenters. The van der Waals surface area contributed by atoms with Gasteiger partial charge < -0.3 is 9.47 Å². The van der Waals surface area contributed by atoms with Crippen molar-refractivity contribution in [3.8, 4) is 0 Å². The molecule has 1 aliphatic rings. The van der Waals surface area contributed by atoms with Crippen LogP contribution in [0.4, 0.5) is 0 Å². The Morgan fingerprint density at radius 2 is 1.92 bits per heavy atom. The summed E-state index contributed by atoms with van der Waals surface area (Å²) in [6.45, 7) is 7.58. The number of carbonyl (C=O) groups excluding carboxylic acids is 1. The fourth-order valence-electron chi connectivity index (χ4n) is 3.09. The highest BCUT2D eigenvalue weighted by atomic mass is 127. The van der Waals surface area contributed by atoms with Crippen LogP contribution in [0.2, 0.25) is 0 Å². The standard InChI is InChI=1S/C18H23IN4O/c1-2-17-20-7-8-22(17)12-9-21-10-13-23(14-11-21)18(24)15-5-3-4-6-16(15)19/h3-8H,2,9-14H2,1H3. The normalized spacial score (nSPS) is 15.7. The second-order valence-electron chi connectivity index (χ2n) is 6.00. The number of amides is 1. The number of benzene rings is 1. The smallest absolute Gasteiger partial charge is 0.255 e. The van der Waals surface area contributed by atoms with Crippen LogP contribution in [0.25, 0.3) is 0 Å². The molecule has 6 heteroatoms. The molecule has 1 fully saturated rings. The lowest BCUT2D eigenvalue weighted by Gasteiger charge is -2.35. The summed E-state index contributed by atoms with van der Waals surface area (Å²) in [5.41, 5.74) is 0.817. The van der Waals surface area contributed by atoms with Crippen LogP contribution >= 0.6 is 22.6 Å². The maximum atomic E-state index is 12.6. The van der Waals surface area contributed by atoms with E-state index < -0.39 is 0 Å². The van der Waals surface area contributed by atoms with Gasteiger partial charge in [-0.05, 0) is 34.7 Å². The number of aryl methyl sites for hydroxylation is 1. The molecule has 128 valence electrons. The van der Waals surface area contributed by atoms with Gasteiger partial charge in [-0.3, -0.25) is 9.69 Å². The number of aromatic nitrogens is 2. The predicted molar refractivity (Wildman–Crippen MR) is 103 cm³/mol. The van der Waals surface area contributed by atoms with Crippen LogP contribution < -0.4 is 0 Å². The Morgan fingerprint density at radius 1 is 1.17 bits per heavy atom. The summed E-state index contributed by atoms with van der Waals surface area (Å²) in [5, 5.41) is 0. The Morgan fingerprint density at radius 3 is 2.62 bits per heavy atom. The summed E-state index contributed by atoms with van der Waals surface area (Å²) in [5.74, 6) is 1.30. The molecule has 1 aliphatic heterocycles. The van der Waals surface area contributed by atoms with Gasteiger partial charge in [0.05, 0.1) is 5.56 Å². The van der Waals surface area contributed by atoms with E-state index in [1.807, 2.05) is 35.4 Å². The number of rotatable bonds is 5. The van der Waals surface area contributed by atoms with Crippen molar-refractivity contribution in [2.45, 2.75) is 19.9 Å². The minimum absolute atomic E-state index is 0.155. The number of imidazole rings is 1. The third kappa shape index (κ3) is 3.97. The van der Waals surface area contributed by atoms with Crippen LogP contribution in [0.15, 0.2) is 36.7 Å². The number of nitrogens with zero attached hydrogens (tertiary/aromatic N) is 4. The topological polar surface area (TPSA) is 41.4 Å². The maximum Gasteiger partial charge on any atom is 0.255 e. The van der Waals surface area contributed by atoms with Crippen LogP contribution in [-0.4, -0.2) is 58.0 Å². The van der Waals surface area contributed by atoms with Crippen LogP contribution in [-0.2, 0) is 13.0 Å². The fraction of sp³-hybridized carbons (Fsp3) is 0.444. The monoisotopic (exact) mass is 438 g/mol. The molecule has 0 aliphatic carbocycles. The van der Waals surface area contributed by atoms with Gasteiger partial charge in [0.1, 0.15) is 5.82 Å². The predicted octanol–water partition coefficient (Wildman–Crippen LogP) is 2.51. The number of halogens is 1. The zero-order valence-corrected chi connectivity index (χ0v) is 16.1. The van der Waals surface area contributed by atoms with E-state index in [4.69, 9.17) is 0 Å². The van der Waals surface area contributed by atoms with Crippen LogP contribution in [0.5, 0.6) is 0 Å². The minimum Gasteiger partial charge on any atom is -0.336 e. The minimum atomic E-state index is 0.155. The first-order valence-corrected chi connectivity index (χ1v) is 9.53. The van der Waals surface area contributed by atoms with E-state index in [2.05, 4.69) is 50.2 Å². The zero-order valence-electron chi connectivity index (χ0n) is 14.0. The third-order valence-corrected chi connectivity index (χ3v) is 5.48. The lowest BCUT2D eigenvalue weighted by Crippen LogP contribution is -2.49. The van der Waals surface area contributed by atoms with Crippen molar-refractivity contribution in [2.24, 2.45) is 0 Å². The summed E-state index contributed by atoms with van der Waals surface area (Å²) in [6.07, 6.45) is 4.89. The first-order valence-electron chi connectivity index (χ1n) is 8.45. The molecule has 0 saturated carbocycles. The van der Waals surface area contributed by atoms with Crippen LogP contribution in [0.1, 0.15) is 23.1 Å². The van der Waals surface area contributed by atoms with E-state index in [1.54, 1.807) is 0 Å². The van der Waals surface area contributed by atoms with Gasteiger partial charge in [-0.15, -0.1) is 0 Å². The van der Waals surface area contributed by atoms with E-state index in [0.29, 0.717) is 0 Å². The highest BCUT2D eigenvalue weighted by molar-refractivity contribution is 14.1. The van der Waals surface area contributed by atoms with Gasteiger partial charge in [-0.2, -0.15) is 0 Å². The van der Waals surface area contributed by atoms with Crippen LogP contribution in [0, 0.1) is 3.57 Å². The second-order valence-corrected chi connectivity index (χ2v) is 7.17. The van der Waals surface area contributed by atoms with Crippen molar-refractivity contribution < 1.29 is 4.79 Å². The van der Waals surface area contributed by atoms with Gasteiger partial charge in [-0.1, -0.05) is 19.1 Å². The Hall–Kier alpha value is -1.41. The summed E-state index contributed by atoms with van der Waals surface area (Å²) in [4.78, 5) is 21.4. The van der Waals surface area contributed by atoms with E-state index in [9.17, 15) is 4.79 Å². The quantitative estimate of drug-likeness (QED) is 0.674. The van der Waals surface area contributed by atoms with Crippen molar-refractivity contribution in [3.63, 3.8) is 0 Å². The van der Waals surface area contributed by atoms with Crippen molar-refractivity contribution in [1.29, 1.82) is 0 Å². The average molecular weight is 438 g/mol. The first kappa shape index (κ1) is 17.4. The Bertz CT molecular complexity index is 692. The van der Waals surface area contributed by atoms with Crippen molar-refractivity contribution in [2.75, 3.05) is 32.7 Å². The molecule has 2 heterocycles. The SMILES string of the molecule is CCc1nccn1CCN1CCN(C(=O)c2ccccc2I)CC1. The molecule has 1 amide bonds. The molecule has 3 rings (SSSR count). The average Bonchev–Trinajstić information content (AvgIpc) is 3.08. The molecular weight excluding hydrogens is 415 g/mol. The van der Waals surface area contributed by atoms with Gasteiger partial charge in [0.25, 0.3) is 5.91 Å². The highest BCUT2D eigenvalue weighted by Gasteiger charge is 2.23. The Kier molecular flexibility index (Phi) is 5.89. The molecule has 0 unspecified atom stereocenters. The fourth-order valence-corrected chi connectivity index (χ4v) is 3.70. The van der Waals surface area contributed by atoms with Crippen molar-refractivity contribution in [3.05, 3.63) is 51.6 Å². The molecule has 2 aromatic rings. The summed E-state index contributed by atoms with van der Waals surface area (Å²) < 4.78 is 3.25. The molecule has 1 aromatic heterocycles. The number of hydrogen-bond acceptors (Lipinski definition) is 3. The van der Waals surface area contributed by atoms with Crippen LogP contribution in [0.3, 0.4) is 0 Å². The molecule has 24 heavy (non-hydrogen) atoms. The largest absolute Gasteiger partial charge is 0.336 e. The molecule has 0 bridgehead atoms. The van der Waals surface area contributed by atoms with Gasteiger partial charge >= 0.3 is 0 Å². The van der Waals surface area contributed by atoms with E-state index in [1.165, 1.54) is 0 Å². The molecule has 0 spiro atoms. The van der Waals surface area contributed by atoms with Gasteiger partial charge in [0, 0.05) is 61.7 Å². The second kappa shape index (κ2) is 8.11. The lowest BCUT2D eigenvalue weighted by molar-refractivity contribution is 0.0632. The first-order chi connectivity index (χ1) is 11.7. The number of piperazine rings is 1. The van der Waals surface area contributed by atoms with Crippen molar-refractivity contribution in [1.82, 2.24) is 19.4 Å². The molecular formula is C18H23IN4O. The molecule has 0 N–H and O–H groups in total. The molecule has 5 nitrogen and oxygen atoms in total. The zero-order chi connectivity index (χ0) is 16.9.